The minimum atomic E-state index is -3.33. The van der Waals surface area contributed by atoms with Gasteiger partial charge in [-0.2, -0.15) is 9.46 Å². The van der Waals surface area contributed by atoms with Gasteiger partial charge in [-0.1, -0.05) is 42.8 Å². The van der Waals surface area contributed by atoms with Crippen LogP contribution in [0.4, 0.5) is 5.69 Å². The molecule has 4 aliphatic rings. The molecule has 1 fully saturated rings. The minimum absolute atomic E-state index is 0.0340. The maximum atomic E-state index is 14.9. The lowest BCUT2D eigenvalue weighted by Gasteiger charge is -2.46. The van der Waals surface area contributed by atoms with E-state index in [-0.39, 0.29) is 29.0 Å². The lowest BCUT2D eigenvalue weighted by molar-refractivity contribution is 0.0131. The Morgan fingerprint density at radius 1 is 1.16 bits per heavy atom. The SMILES string of the molecule is CO[C@H]1/C=C/C[C@H](C)[C@@H](C)[S@@](=O)(CC(=O)c2cnn(C)c2)=NC(=O)c2ccc3c(c2)N(C[C@@H]2CC[C@H]21)C[C@@]1(CCCc2cc(C)ccc21)CO3. The lowest BCUT2D eigenvalue weighted by Crippen LogP contribution is -2.49. The van der Waals surface area contributed by atoms with Crippen molar-refractivity contribution in [1.82, 2.24) is 9.78 Å². The topological polar surface area (TPSA) is 103 Å². The molecular weight excluding hydrogens is 649 g/mol. The van der Waals surface area contributed by atoms with Gasteiger partial charge in [0.15, 0.2) is 5.78 Å². The average molecular weight is 699 g/mol. The van der Waals surface area contributed by atoms with Crippen molar-refractivity contribution in [3.05, 3.63) is 88.8 Å². The minimum Gasteiger partial charge on any atom is -0.490 e. The number of methoxy groups -OCH3 is 1. The molecule has 9 nitrogen and oxygen atoms in total. The van der Waals surface area contributed by atoms with Crippen LogP contribution in [0.3, 0.4) is 0 Å². The Morgan fingerprint density at radius 2 is 2.00 bits per heavy atom. The van der Waals surface area contributed by atoms with E-state index in [9.17, 15) is 13.8 Å². The molecule has 7 atom stereocenters. The summed E-state index contributed by atoms with van der Waals surface area (Å²) in [4.78, 5) is 30.0. The normalized spacial score (nSPS) is 31.7. The molecule has 3 heterocycles. The number of allylic oxidation sites excluding steroid dienone is 1. The fraction of sp³-hybridized carbons (Fsp3) is 0.525. The van der Waals surface area contributed by atoms with Crippen molar-refractivity contribution in [3.8, 4) is 5.75 Å². The van der Waals surface area contributed by atoms with Crippen LogP contribution in [0.5, 0.6) is 5.75 Å². The molecule has 2 bridgehead atoms. The molecule has 1 amide bonds. The summed E-state index contributed by atoms with van der Waals surface area (Å²) in [6.45, 7) is 8.16. The first-order valence-corrected chi connectivity index (χ1v) is 19.8. The molecule has 1 spiro atoms. The molecule has 0 saturated heterocycles. The number of Topliss-reactive ketones (excluding diaryl/α,β-unsaturated/α-hetero) is 1. The number of ketones is 1. The third-order valence-electron chi connectivity index (χ3n) is 11.9. The zero-order valence-corrected chi connectivity index (χ0v) is 30.8. The van der Waals surface area contributed by atoms with Crippen LogP contribution in [0, 0.1) is 24.7 Å². The quantitative estimate of drug-likeness (QED) is 0.220. The summed E-state index contributed by atoms with van der Waals surface area (Å²) in [5.74, 6) is 0.153. The first-order valence-electron chi connectivity index (χ1n) is 18.1. The van der Waals surface area contributed by atoms with Crippen molar-refractivity contribution in [2.45, 2.75) is 76.1 Å². The summed E-state index contributed by atoms with van der Waals surface area (Å²) in [6.07, 6.45) is 13.3. The Hall–Kier alpha value is -3.76. The van der Waals surface area contributed by atoms with Crippen molar-refractivity contribution < 1.29 is 23.3 Å². The van der Waals surface area contributed by atoms with Gasteiger partial charge in [0.2, 0.25) is 0 Å². The summed E-state index contributed by atoms with van der Waals surface area (Å²) in [7, 11) is 0.184. The monoisotopic (exact) mass is 698 g/mol. The van der Waals surface area contributed by atoms with Crippen LogP contribution in [0.2, 0.25) is 0 Å². The van der Waals surface area contributed by atoms with Gasteiger partial charge in [0.25, 0.3) is 5.91 Å². The van der Waals surface area contributed by atoms with E-state index in [2.05, 4.69) is 51.6 Å². The number of fused-ring (bicyclic) bond motifs is 4. The van der Waals surface area contributed by atoms with E-state index in [1.165, 1.54) is 27.6 Å². The molecule has 50 heavy (non-hydrogen) atoms. The average Bonchev–Trinajstić information content (AvgIpc) is 3.47. The molecule has 0 radical (unpaired) electrons. The highest BCUT2D eigenvalue weighted by atomic mass is 32.2. The number of ether oxygens (including phenoxy) is 2. The smallest absolute Gasteiger partial charge is 0.285 e. The van der Waals surface area contributed by atoms with Crippen molar-refractivity contribution in [2.75, 3.05) is 37.5 Å². The van der Waals surface area contributed by atoms with Crippen LogP contribution in [-0.4, -0.2) is 69.6 Å². The van der Waals surface area contributed by atoms with Gasteiger partial charge in [-0.3, -0.25) is 14.3 Å². The Balaban J connectivity index is 1.33. The highest BCUT2D eigenvalue weighted by Gasteiger charge is 2.44. The second kappa shape index (κ2) is 13.8. The Bertz CT molecular complexity index is 1940. The maximum absolute atomic E-state index is 14.9. The molecule has 10 heteroatoms. The standard InChI is InChI=1S/C40H50N4O5S/c1-26-11-15-34-29(18-26)9-7-17-40(34)24-44-22-31-12-14-33(31)37(48-5)10-6-8-27(2)28(3)50(47,23-36(45)32-20-41-43(4)21-32)42-39(46)30-13-16-38(49-25-40)35(44)19-30/h6,10-11,13,15-16,18-21,27-28,31,33,37H,7-9,12,14,17,22-25H2,1-5H3/b10-6+/t27-,28+,31-,33+,37-,40-,50-/m0/s1. The largest absolute Gasteiger partial charge is 0.490 e. The Kier molecular flexibility index (Phi) is 9.54. The number of hydrogen-bond donors (Lipinski definition) is 0. The van der Waals surface area contributed by atoms with Gasteiger partial charge < -0.3 is 14.4 Å². The van der Waals surface area contributed by atoms with Crippen LogP contribution >= 0.6 is 0 Å². The van der Waals surface area contributed by atoms with Gasteiger partial charge in [0.1, 0.15) is 5.75 Å². The highest BCUT2D eigenvalue weighted by molar-refractivity contribution is 7.95. The first-order chi connectivity index (χ1) is 24.0. The van der Waals surface area contributed by atoms with Crippen LogP contribution < -0.4 is 9.64 Å². The molecule has 1 aromatic heterocycles. The van der Waals surface area contributed by atoms with E-state index >= 15 is 0 Å². The van der Waals surface area contributed by atoms with Gasteiger partial charge >= 0.3 is 0 Å². The number of aromatic nitrogens is 2. The van der Waals surface area contributed by atoms with E-state index in [4.69, 9.17) is 9.47 Å². The van der Waals surface area contributed by atoms with E-state index < -0.39 is 20.9 Å². The number of amides is 1. The van der Waals surface area contributed by atoms with Gasteiger partial charge in [-0.25, -0.2) is 4.21 Å². The maximum Gasteiger partial charge on any atom is 0.285 e. The molecule has 2 aliphatic heterocycles. The van der Waals surface area contributed by atoms with E-state index in [0.717, 1.165) is 56.6 Å². The second-order valence-corrected chi connectivity index (χ2v) is 17.8. The number of carbonyl (C=O) groups excluding carboxylic acids is 2. The number of rotatable bonds is 4. The fourth-order valence-corrected chi connectivity index (χ4v) is 10.9. The van der Waals surface area contributed by atoms with Crippen LogP contribution in [0.25, 0.3) is 0 Å². The summed E-state index contributed by atoms with van der Waals surface area (Å²) < 4.78 is 33.6. The molecule has 0 N–H and O–H groups in total. The molecule has 7 rings (SSSR count). The number of aryl methyl sites for hydroxylation is 3. The number of carbonyl (C=O) groups is 2. The lowest BCUT2D eigenvalue weighted by atomic mass is 9.68. The van der Waals surface area contributed by atoms with Crippen molar-refractivity contribution >= 4 is 27.1 Å². The van der Waals surface area contributed by atoms with E-state index in [0.29, 0.717) is 36.0 Å². The second-order valence-electron chi connectivity index (χ2n) is 15.3. The summed E-state index contributed by atoms with van der Waals surface area (Å²) in [5.41, 5.74) is 5.42. The highest BCUT2D eigenvalue weighted by Crippen LogP contribution is 2.47. The van der Waals surface area contributed by atoms with E-state index in [1.54, 1.807) is 26.4 Å². The van der Waals surface area contributed by atoms with E-state index in [1.807, 2.05) is 26.0 Å². The number of benzene rings is 2. The van der Waals surface area contributed by atoms with Crippen molar-refractivity contribution in [2.24, 2.45) is 29.2 Å². The Morgan fingerprint density at radius 3 is 2.74 bits per heavy atom. The molecule has 0 unspecified atom stereocenters. The third-order valence-corrected chi connectivity index (χ3v) is 14.7. The fourth-order valence-electron chi connectivity index (χ4n) is 8.60. The number of hydrogen-bond acceptors (Lipinski definition) is 7. The summed E-state index contributed by atoms with van der Waals surface area (Å²) in [5, 5.41) is 3.59. The summed E-state index contributed by atoms with van der Waals surface area (Å²) >= 11 is 0. The predicted octanol–water partition coefficient (Wildman–Crippen LogP) is 6.72. The molecule has 1 saturated carbocycles. The number of anilines is 1. The van der Waals surface area contributed by atoms with Crippen molar-refractivity contribution in [3.63, 3.8) is 0 Å². The third kappa shape index (κ3) is 6.57. The molecule has 266 valence electrons. The van der Waals surface area contributed by atoms with Crippen molar-refractivity contribution in [1.29, 1.82) is 0 Å². The molecule has 2 aliphatic carbocycles. The number of nitrogens with zero attached hydrogens (tertiary/aromatic N) is 4. The molecule has 2 aromatic carbocycles. The van der Waals surface area contributed by atoms with Gasteiger partial charge in [-0.15, -0.1) is 0 Å². The molecular formula is C40H50N4O5S. The predicted molar refractivity (Wildman–Crippen MR) is 197 cm³/mol. The molecule has 3 aromatic rings. The zero-order chi connectivity index (χ0) is 35.2. The van der Waals surface area contributed by atoms with Crippen LogP contribution in [0.1, 0.15) is 83.4 Å². The van der Waals surface area contributed by atoms with Gasteiger partial charge in [0, 0.05) is 49.7 Å². The van der Waals surface area contributed by atoms with Crippen LogP contribution in [0.15, 0.2) is 65.3 Å². The first kappa shape index (κ1) is 34.7. The van der Waals surface area contributed by atoms with Gasteiger partial charge in [-0.05, 0) is 99.5 Å². The Labute approximate surface area is 296 Å². The summed E-state index contributed by atoms with van der Waals surface area (Å²) in [6, 6.07) is 12.3. The zero-order valence-electron chi connectivity index (χ0n) is 30.0. The van der Waals surface area contributed by atoms with Gasteiger partial charge in [0.05, 0.1) is 45.6 Å². The van der Waals surface area contributed by atoms with Crippen LogP contribution in [-0.2, 0) is 33.3 Å².